The highest BCUT2D eigenvalue weighted by atomic mass is 79.9. The molecule has 2 fully saturated rings. The second-order valence-corrected chi connectivity index (χ2v) is 6.40. The molecule has 2 aliphatic carbocycles. The first-order valence-electron chi connectivity index (χ1n) is 6.52. The fraction of sp³-hybridized carbons (Fsp3) is 0.533. The maximum atomic E-state index is 12.3. The van der Waals surface area contributed by atoms with Gasteiger partial charge in [-0.25, -0.2) is 0 Å². The van der Waals surface area contributed by atoms with Crippen LogP contribution in [0.5, 0.6) is 0 Å². The minimum absolute atomic E-state index is 0.315. The maximum Gasteiger partial charge on any atom is 0.164 e. The average molecular weight is 293 g/mol. The highest BCUT2D eigenvalue weighted by molar-refractivity contribution is 9.10. The summed E-state index contributed by atoms with van der Waals surface area (Å²) in [7, 11) is 0. The van der Waals surface area contributed by atoms with Gasteiger partial charge in [0.1, 0.15) is 0 Å². The van der Waals surface area contributed by atoms with E-state index in [1.165, 1.54) is 25.7 Å². The van der Waals surface area contributed by atoms with Gasteiger partial charge in [0.05, 0.1) is 0 Å². The van der Waals surface area contributed by atoms with Crippen LogP contribution in [0.4, 0.5) is 0 Å². The van der Waals surface area contributed by atoms with Gasteiger partial charge in [-0.05, 0) is 43.1 Å². The first-order valence-corrected chi connectivity index (χ1v) is 7.31. The summed E-state index contributed by atoms with van der Waals surface area (Å²) in [5.74, 6) is 2.74. The summed E-state index contributed by atoms with van der Waals surface area (Å²) >= 11 is 3.47. The van der Waals surface area contributed by atoms with E-state index in [4.69, 9.17) is 0 Å². The fourth-order valence-corrected chi connectivity index (χ4v) is 4.17. The largest absolute Gasteiger partial charge is 0.294 e. The molecule has 2 heteroatoms. The van der Waals surface area contributed by atoms with Gasteiger partial charge in [-0.15, -0.1) is 0 Å². The van der Waals surface area contributed by atoms with E-state index in [0.717, 1.165) is 28.3 Å². The average Bonchev–Trinajstić information content (AvgIpc) is 2.91. The van der Waals surface area contributed by atoms with Crippen molar-refractivity contribution in [3.8, 4) is 0 Å². The van der Waals surface area contributed by atoms with E-state index < -0.39 is 0 Å². The molecule has 3 atom stereocenters. The van der Waals surface area contributed by atoms with Crippen molar-refractivity contribution in [1.82, 2.24) is 0 Å². The first kappa shape index (κ1) is 11.5. The van der Waals surface area contributed by atoms with Gasteiger partial charge in [0, 0.05) is 16.5 Å². The molecule has 1 aromatic rings. The Morgan fingerprint density at radius 2 is 2.06 bits per heavy atom. The summed E-state index contributed by atoms with van der Waals surface area (Å²) in [6, 6.07) is 7.78. The van der Waals surface area contributed by atoms with Gasteiger partial charge in [0.15, 0.2) is 5.78 Å². The zero-order valence-electron chi connectivity index (χ0n) is 9.86. The van der Waals surface area contributed by atoms with Crippen molar-refractivity contribution >= 4 is 21.7 Å². The van der Waals surface area contributed by atoms with Crippen LogP contribution in [0.2, 0.25) is 0 Å². The molecular formula is C15H17BrO. The molecule has 0 amide bonds. The standard InChI is InChI=1S/C15H17BrO/c16-14-4-2-1-3-13(14)15(17)9-12-8-10-5-6-11(12)7-10/h1-4,10-12H,5-9H2. The van der Waals surface area contributed by atoms with Crippen LogP contribution in [-0.2, 0) is 0 Å². The highest BCUT2D eigenvalue weighted by Crippen LogP contribution is 2.49. The van der Waals surface area contributed by atoms with Crippen molar-refractivity contribution in [2.45, 2.75) is 32.1 Å². The molecule has 0 N–H and O–H groups in total. The van der Waals surface area contributed by atoms with Crippen molar-refractivity contribution in [3.05, 3.63) is 34.3 Å². The number of ketones is 1. The van der Waals surface area contributed by atoms with Crippen LogP contribution in [0.25, 0.3) is 0 Å². The van der Waals surface area contributed by atoms with Gasteiger partial charge in [0.2, 0.25) is 0 Å². The Hall–Kier alpha value is -0.630. The summed E-state index contributed by atoms with van der Waals surface area (Å²) in [5, 5.41) is 0. The molecule has 2 aliphatic rings. The van der Waals surface area contributed by atoms with E-state index in [9.17, 15) is 4.79 Å². The van der Waals surface area contributed by atoms with E-state index in [1.54, 1.807) is 0 Å². The Balaban J connectivity index is 1.70. The molecule has 0 aromatic heterocycles. The molecule has 2 saturated carbocycles. The fourth-order valence-electron chi connectivity index (χ4n) is 3.66. The minimum atomic E-state index is 0.315. The number of Topliss-reactive ketones (excluding diaryl/α,β-unsaturated/α-hetero) is 1. The molecule has 1 nitrogen and oxygen atoms in total. The molecule has 2 bridgehead atoms. The summed E-state index contributed by atoms with van der Waals surface area (Å²) < 4.78 is 0.938. The summed E-state index contributed by atoms with van der Waals surface area (Å²) in [5.41, 5.74) is 0.857. The lowest BCUT2D eigenvalue weighted by molar-refractivity contribution is 0.0943. The number of halogens is 1. The quantitative estimate of drug-likeness (QED) is 0.752. The molecule has 0 saturated heterocycles. The summed E-state index contributed by atoms with van der Waals surface area (Å²) in [6.45, 7) is 0. The number of benzene rings is 1. The van der Waals surface area contributed by atoms with Crippen molar-refractivity contribution in [3.63, 3.8) is 0 Å². The number of carbonyl (C=O) groups is 1. The molecule has 0 spiro atoms. The third-order valence-corrected chi connectivity index (χ3v) is 5.20. The lowest BCUT2D eigenvalue weighted by Gasteiger charge is -2.20. The molecule has 90 valence electrons. The van der Waals surface area contributed by atoms with Gasteiger partial charge < -0.3 is 0 Å². The van der Waals surface area contributed by atoms with Crippen LogP contribution >= 0.6 is 15.9 Å². The third-order valence-electron chi connectivity index (χ3n) is 4.51. The lowest BCUT2D eigenvalue weighted by Crippen LogP contribution is -2.15. The zero-order chi connectivity index (χ0) is 11.8. The van der Waals surface area contributed by atoms with E-state index in [0.29, 0.717) is 11.7 Å². The predicted octanol–water partition coefficient (Wildman–Crippen LogP) is 4.46. The second-order valence-electron chi connectivity index (χ2n) is 5.54. The number of carbonyl (C=O) groups excluding carboxylic acids is 1. The van der Waals surface area contributed by atoms with Gasteiger partial charge >= 0.3 is 0 Å². The van der Waals surface area contributed by atoms with Gasteiger partial charge in [0.25, 0.3) is 0 Å². The molecule has 0 radical (unpaired) electrons. The third kappa shape index (κ3) is 2.20. The highest BCUT2D eigenvalue weighted by Gasteiger charge is 2.40. The normalized spacial score (nSPS) is 30.8. The Labute approximate surface area is 111 Å². The van der Waals surface area contributed by atoms with Crippen LogP contribution in [0.1, 0.15) is 42.5 Å². The van der Waals surface area contributed by atoms with E-state index in [-0.39, 0.29) is 0 Å². The van der Waals surface area contributed by atoms with Crippen molar-refractivity contribution < 1.29 is 4.79 Å². The molecule has 0 aliphatic heterocycles. The van der Waals surface area contributed by atoms with Crippen LogP contribution in [-0.4, -0.2) is 5.78 Å². The smallest absolute Gasteiger partial charge is 0.164 e. The van der Waals surface area contributed by atoms with E-state index in [2.05, 4.69) is 15.9 Å². The van der Waals surface area contributed by atoms with E-state index in [1.807, 2.05) is 24.3 Å². The van der Waals surface area contributed by atoms with Crippen LogP contribution in [0, 0.1) is 17.8 Å². The van der Waals surface area contributed by atoms with Crippen molar-refractivity contribution in [2.75, 3.05) is 0 Å². The van der Waals surface area contributed by atoms with Crippen molar-refractivity contribution in [1.29, 1.82) is 0 Å². The zero-order valence-corrected chi connectivity index (χ0v) is 11.4. The summed E-state index contributed by atoms with van der Waals surface area (Å²) in [6.07, 6.45) is 6.20. The Morgan fingerprint density at radius 3 is 2.71 bits per heavy atom. The minimum Gasteiger partial charge on any atom is -0.294 e. The monoisotopic (exact) mass is 292 g/mol. The number of fused-ring (bicyclic) bond motifs is 2. The maximum absolute atomic E-state index is 12.3. The van der Waals surface area contributed by atoms with Gasteiger partial charge in [-0.2, -0.15) is 0 Å². The topological polar surface area (TPSA) is 17.1 Å². The van der Waals surface area contributed by atoms with Gasteiger partial charge in [-0.3, -0.25) is 4.79 Å². The predicted molar refractivity (Wildman–Crippen MR) is 72.0 cm³/mol. The molecule has 3 rings (SSSR count). The van der Waals surface area contributed by atoms with Crippen LogP contribution in [0.15, 0.2) is 28.7 Å². The number of rotatable bonds is 3. The number of hydrogen-bond acceptors (Lipinski definition) is 1. The molecule has 0 heterocycles. The lowest BCUT2D eigenvalue weighted by atomic mass is 9.84. The Bertz CT molecular complexity index is 440. The molecule has 17 heavy (non-hydrogen) atoms. The molecule has 3 unspecified atom stereocenters. The molecule has 1 aromatic carbocycles. The van der Waals surface area contributed by atoms with Crippen LogP contribution in [0.3, 0.4) is 0 Å². The molecular weight excluding hydrogens is 276 g/mol. The second kappa shape index (κ2) is 4.56. The summed E-state index contributed by atoms with van der Waals surface area (Å²) in [4.78, 5) is 12.3. The van der Waals surface area contributed by atoms with Crippen molar-refractivity contribution in [2.24, 2.45) is 17.8 Å². The van der Waals surface area contributed by atoms with Gasteiger partial charge in [-0.1, -0.05) is 40.5 Å². The Morgan fingerprint density at radius 1 is 1.24 bits per heavy atom. The van der Waals surface area contributed by atoms with E-state index >= 15 is 0 Å². The SMILES string of the molecule is O=C(CC1CC2CCC1C2)c1ccccc1Br. The number of hydrogen-bond donors (Lipinski definition) is 0. The van der Waals surface area contributed by atoms with Crippen LogP contribution < -0.4 is 0 Å². The first-order chi connectivity index (χ1) is 8.24. The Kier molecular flexibility index (Phi) is 3.08.